The van der Waals surface area contributed by atoms with E-state index in [2.05, 4.69) is 4.98 Å². The molecule has 0 aliphatic carbocycles. The second-order valence-corrected chi connectivity index (χ2v) is 6.79. The van der Waals surface area contributed by atoms with Crippen molar-refractivity contribution in [2.75, 3.05) is 0 Å². The van der Waals surface area contributed by atoms with Gasteiger partial charge in [-0.1, -0.05) is 11.6 Å². The molecular weight excluding hydrogens is 285 g/mol. The molecule has 3 nitrogen and oxygen atoms in total. The summed E-state index contributed by atoms with van der Waals surface area (Å²) in [5.41, 5.74) is 0.0488. The van der Waals surface area contributed by atoms with Gasteiger partial charge in [0.25, 0.3) is 0 Å². The topological polar surface area (TPSA) is 47.0 Å². The molecule has 0 atom stereocenters. The Kier molecular flexibility index (Phi) is 3.46. The number of sulfone groups is 1. The average Bonchev–Trinajstić information content (AvgIpc) is 2.77. The molecule has 1 heterocycles. The average molecular weight is 292 g/mol. The van der Waals surface area contributed by atoms with E-state index in [1.165, 1.54) is 18.3 Å². The van der Waals surface area contributed by atoms with Crippen LogP contribution in [-0.4, -0.2) is 13.4 Å². The van der Waals surface area contributed by atoms with Gasteiger partial charge in [-0.05, 0) is 18.2 Å². The van der Waals surface area contributed by atoms with E-state index in [0.717, 1.165) is 17.4 Å². The van der Waals surface area contributed by atoms with Gasteiger partial charge in [0.05, 0.1) is 5.75 Å². The second-order valence-electron chi connectivity index (χ2n) is 3.29. The fourth-order valence-electron chi connectivity index (χ4n) is 1.28. The van der Waals surface area contributed by atoms with Crippen molar-refractivity contribution in [3.8, 4) is 0 Å². The van der Waals surface area contributed by atoms with Gasteiger partial charge in [0.1, 0.15) is 5.82 Å². The molecule has 0 bridgehead atoms. The first-order valence-electron chi connectivity index (χ1n) is 4.55. The van der Waals surface area contributed by atoms with Gasteiger partial charge in [0, 0.05) is 22.2 Å². The molecule has 2 aromatic rings. The highest BCUT2D eigenvalue weighted by Gasteiger charge is 2.20. The van der Waals surface area contributed by atoms with Crippen molar-refractivity contribution < 1.29 is 12.8 Å². The zero-order valence-corrected chi connectivity index (χ0v) is 10.8. The Morgan fingerprint density at radius 2 is 2.18 bits per heavy atom. The van der Waals surface area contributed by atoms with Gasteiger partial charge in [-0.15, -0.1) is 11.3 Å². The number of benzene rings is 1. The summed E-state index contributed by atoms with van der Waals surface area (Å²) in [4.78, 5) is 3.71. The Balaban J connectivity index is 2.36. The molecular formula is C10H7ClFNO2S2. The molecule has 0 spiro atoms. The fraction of sp³-hybridized carbons (Fsp3) is 0.100. The first-order valence-corrected chi connectivity index (χ1v) is 7.46. The van der Waals surface area contributed by atoms with E-state index < -0.39 is 21.4 Å². The maximum Gasteiger partial charge on any atom is 0.209 e. The summed E-state index contributed by atoms with van der Waals surface area (Å²) in [5.74, 6) is -1.03. The Bertz CT molecular complexity index is 626. The minimum atomic E-state index is -3.60. The molecule has 0 fully saturated rings. The third-order valence-corrected chi connectivity index (χ3v) is 5.21. The molecule has 2 rings (SSSR count). The highest BCUT2D eigenvalue weighted by atomic mass is 35.5. The molecule has 0 unspecified atom stereocenters. The van der Waals surface area contributed by atoms with Crippen molar-refractivity contribution in [3.05, 3.63) is 46.2 Å². The lowest BCUT2D eigenvalue weighted by Crippen LogP contribution is -2.06. The molecule has 0 aliphatic heterocycles. The van der Waals surface area contributed by atoms with Crippen LogP contribution < -0.4 is 0 Å². The molecule has 0 saturated carbocycles. The number of nitrogens with zero attached hydrogens (tertiary/aromatic N) is 1. The molecule has 0 saturated heterocycles. The van der Waals surface area contributed by atoms with Gasteiger partial charge in [0.15, 0.2) is 0 Å². The Morgan fingerprint density at radius 1 is 1.41 bits per heavy atom. The number of thiazole rings is 1. The number of hydrogen-bond donors (Lipinski definition) is 0. The number of hydrogen-bond acceptors (Lipinski definition) is 4. The first kappa shape index (κ1) is 12.5. The molecule has 17 heavy (non-hydrogen) atoms. The van der Waals surface area contributed by atoms with Crippen LogP contribution in [0.2, 0.25) is 5.02 Å². The minimum absolute atomic E-state index is 0.0168. The van der Waals surface area contributed by atoms with E-state index in [1.807, 2.05) is 0 Å². The van der Waals surface area contributed by atoms with E-state index in [4.69, 9.17) is 11.6 Å². The minimum Gasteiger partial charge on any atom is -0.234 e. The lowest BCUT2D eigenvalue weighted by atomic mass is 10.2. The zero-order valence-electron chi connectivity index (χ0n) is 8.43. The fourth-order valence-corrected chi connectivity index (χ4v) is 3.74. The maximum absolute atomic E-state index is 13.4. The Hall–Kier alpha value is -0.980. The van der Waals surface area contributed by atoms with Gasteiger partial charge in [-0.3, -0.25) is 0 Å². The van der Waals surface area contributed by atoms with Gasteiger partial charge >= 0.3 is 0 Å². The van der Waals surface area contributed by atoms with Gasteiger partial charge in [-0.25, -0.2) is 17.8 Å². The SMILES string of the molecule is O=S(=O)(Cc1cc(Cl)ccc1F)c1nccs1. The van der Waals surface area contributed by atoms with E-state index in [1.54, 1.807) is 5.38 Å². The standard InChI is InChI=1S/C10H7ClFNO2S2/c11-8-1-2-9(12)7(5-8)6-17(14,15)10-13-3-4-16-10/h1-5H,6H2. The molecule has 7 heteroatoms. The maximum atomic E-state index is 13.4. The normalized spacial score (nSPS) is 11.6. The zero-order chi connectivity index (χ0) is 12.5. The van der Waals surface area contributed by atoms with Gasteiger partial charge in [0.2, 0.25) is 14.2 Å². The van der Waals surface area contributed by atoms with Crippen LogP contribution in [0, 0.1) is 5.82 Å². The van der Waals surface area contributed by atoms with Crippen molar-refractivity contribution in [3.63, 3.8) is 0 Å². The van der Waals surface area contributed by atoms with Crippen LogP contribution in [0.4, 0.5) is 4.39 Å². The number of rotatable bonds is 3. The number of halogens is 2. The Labute approximate surface area is 107 Å². The summed E-state index contributed by atoms with van der Waals surface area (Å²) in [6.45, 7) is 0. The van der Waals surface area contributed by atoms with E-state index in [0.29, 0.717) is 5.02 Å². The van der Waals surface area contributed by atoms with Crippen LogP contribution in [0.15, 0.2) is 34.1 Å². The predicted octanol–water partition coefficient (Wildman–Crippen LogP) is 2.91. The Morgan fingerprint density at radius 3 is 2.82 bits per heavy atom. The van der Waals surface area contributed by atoms with E-state index >= 15 is 0 Å². The van der Waals surface area contributed by atoms with Crippen molar-refractivity contribution in [2.24, 2.45) is 0 Å². The van der Waals surface area contributed by atoms with Crippen LogP contribution in [0.1, 0.15) is 5.56 Å². The lowest BCUT2D eigenvalue weighted by Gasteiger charge is -2.03. The second kappa shape index (κ2) is 4.72. The first-order chi connectivity index (χ1) is 7.99. The summed E-state index contributed by atoms with van der Waals surface area (Å²) in [6, 6.07) is 3.83. The van der Waals surface area contributed by atoms with Crippen LogP contribution in [0.5, 0.6) is 0 Å². The molecule has 0 aliphatic rings. The number of aromatic nitrogens is 1. The molecule has 1 aromatic heterocycles. The molecule has 0 amide bonds. The van der Waals surface area contributed by atoms with Gasteiger partial charge in [-0.2, -0.15) is 0 Å². The highest BCUT2D eigenvalue weighted by Crippen LogP contribution is 2.22. The lowest BCUT2D eigenvalue weighted by molar-refractivity contribution is 0.586. The smallest absolute Gasteiger partial charge is 0.209 e. The third-order valence-electron chi connectivity index (χ3n) is 2.03. The van der Waals surface area contributed by atoms with Gasteiger partial charge < -0.3 is 0 Å². The van der Waals surface area contributed by atoms with Crippen LogP contribution in [-0.2, 0) is 15.6 Å². The highest BCUT2D eigenvalue weighted by molar-refractivity contribution is 7.92. The largest absolute Gasteiger partial charge is 0.234 e. The predicted molar refractivity (Wildman–Crippen MR) is 64.4 cm³/mol. The molecule has 90 valence electrons. The molecule has 0 N–H and O–H groups in total. The van der Waals surface area contributed by atoms with E-state index in [-0.39, 0.29) is 9.90 Å². The summed E-state index contributed by atoms with van der Waals surface area (Å²) in [5, 5.41) is 1.86. The van der Waals surface area contributed by atoms with Crippen LogP contribution in [0.3, 0.4) is 0 Å². The van der Waals surface area contributed by atoms with E-state index in [9.17, 15) is 12.8 Å². The van der Waals surface area contributed by atoms with Crippen molar-refractivity contribution in [2.45, 2.75) is 10.1 Å². The van der Waals surface area contributed by atoms with Crippen molar-refractivity contribution in [1.82, 2.24) is 4.98 Å². The monoisotopic (exact) mass is 291 g/mol. The summed E-state index contributed by atoms with van der Waals surface area (Å²) in [6.07, 6.45) is 1.39. The summed E-state index contributed by atoms with van der Waals surface area (Å²) < 4.78 is 37.1. The summed E-state index contributed by atoms with van der Waals surface area (Å²) >= 11 is 6.70. The van der Waals surface area contributed by atoms with Crippen molar-refractivity contribution in [1.29, 1.82) is 0 Å². The quantitative estimate of drug-likeness (QED) is 0.873. The molecule has 1 aromatic carbocycles. The van der Waals surface area contributed by atoms with Crippen LogP contribution in [0.25, 0.3) is 0 Å². The van der Waals surface area contributed by atoms with Crippen molar-refractivity contribution >= 4 is 32.8 Å². The van der Waals surface area contributed by atoms with Crippen LogP contribution >= 0.6 is 22.9 Å². The summed E-state index contributed by atoms with van der Waals surface area (Å²) in [7, 11) is -3.60. The molecule has 0 radical (unpaired) electrons. The third kappa shape index (κ3) is 2.83.